The number of hydrogen-bond acceptors (Lipinski definition) is 5. The maximum Gasteiger partial charge on any atom is 0.161 e. The van der Waals surface area contributed by atoms with Crippen LogP contribution in [0.1, 0.15) is 51.4 Å². The van der Waals surface area contributed by atoms with Gasteiger partial charge in [-0.3, -0.25) is 4.90 Å². The van der Waals surface area contributed by atoms with Crippen LogP contribution in [-0.4, -0.2) is 63.7 Å². The monoisotopic (exact) mass is 391 g/mol. The first-order chi connectivity index (χ1) is 13.9. The number of para-hydroxylation sites is 2. The molecule has 1 unspecified atom stereocenters. The molecule has 2 aliphatic heterocycles. The van der Waals surface area contributed by atoms with Crippen LogP contribution in [-0.2, 0) is 9.47 Å². The third-order valence-electron chi connectivity index (χ3n) is 5.49. The molecular formula is C23H37NO4. The standard InChI is InChI=1S/C23H37NO4/c1(3-5-9-13-24-14-17-25-18-15-24)2-4-6-10-16-26-19-21-20-27-22-11-7-8-12-23(22)28-21/h7-8,11-12,21H,1-6,9-10,13-20H2. The minimum Gasteiger partial charge on any atom is -0.486 e. The van der Waals surface area contributed by atoms with E-state index in [2.05, 4.69) is 4.90 Å². The number of nitrogens with zero attached hydrogens (tertiary/aromatic N) is 1. The molecule has 1 aromatic rings. The smallest absolute Gasteiger partial charge is 0.161 e. The molecule has 0 spiro atoms. The molecule has 158 valence electrons. The molecule has 0 aliphatic carbocycles. The number of morpholine rings is 1. The van der Waals surface area contributed by atoms with Crippen LogP contribution in [0.5, 0.6) is 11.5 Å². The largest absolute Gasteiger partial charge is 0.486 e. The van der Waals surface area contributed by atoms with E-state index in [4.69, 9.17) is 18.9 Å². The molecule has 0 N–H and O–H groups in total. The van der Waals surface area contributed by atoms with Crippen LogP contribution >= 0.6 is 0 Å². The Bertz CT molecular complexity index is 533. The Balaban J connectivity index is 1.07. The molecule has 0 saturated carbocycles. The van der Waals surface area contributed by atoms with E-state index in [9.17, 15) is 0 Å². The topological polar surface area (TPSA) is 40.2 Å². The average Bonchev–Trinajstić information content (AvgIpc) is 2.75. The molecule has 0 amide bonds. The van der Waals surface area contributed by atoms with E-state index in [1.165, 1.54) is 51.5 Å². The summed E-state index contributed by atoms with van der Waals surface area (Å²) in [6, 6.07) is 7.82. The van der Waals surface area contributed by atoms with Crippen LogP contribution in [0.3, 0.4) is 0 Å². The third-order valence-corrected chi connectivity index (χ3v) is 5.49. The van der Waals surface area contributed by atoms with E-state index in [1.54, 1.807) is 0 Å². The van der Waals surface area contributed by atoms with Crippen LogP contribution in [0.25, 0.3) is 0 Å². The van der Waals surface area contributed by atoms with Gasteiger partial charge in [-0.1, -0.05) is 50.7 Å². The Morgan fingerprint density at radius 1 is 0.857 bits per heavy atom. The number of rotatable bonds is 13. The van der Waals surface area contributed by atoms with Gasteiger partial charge in [0.1, 0.15) is 6.61 Å². The molecule has 1 atom stereocenters. The minimum atomic E-state index is 0.00682. The van der Waals surface area contributed by atoms with Gasteiger partial charge in [0.2, 0.25) is 0 Å². The van der Waals surface area contributed by atoms with Gasteiger partial charge in [0.05, 0.1) is 19.8 Å². The van der Waals surface area contributed by atoms with Crippen molar-refractivity contribution in [3.63, 3.8) is 0 Å². The molecular weight excluding hydrogens is 354 g/mol. The number of fused-ring (bicyclic) bond motifs is 1. The highest BCUT2D eigenvalue weighted by atomic mass is 16.6. The quantitative estimate of drug-likeness (QED) is 0.469. The third kappa shape index (κ3) is 7.98. The van der Waals surface area contributed by atoms with Crippen molar-refractivity contribution in [3.05, 3.63) is 24.3 Å². The molecule has 0 aromatic heterocycles. The molecule has 5 nitrogen and oxygen atoms in total. The lowest BCUT2D eigenvalue weighted by Gasteiger charge is -2.26. The summed E-state index contributed by atoms with van der Waals surface area (Å²) in [6.07, 6.45) is 10.5. The number of benzene rings is 1. The van der Waals surface area contributed by atoms with Crippen LogP contribution < -0.4 is 9.47 Å². The molecule has 0 bridgehead atoms. The van der Waals surface area contributed by atoms with Gasteiger partial charge in [0.15, 0.2) is 17.6 Å². The maximum atomic E-state index is 5.90. The fourth-order valence-electron chi connectivity index (χ4n) is 3.78. The van der Waals surface area contributed by atoms with E-state index in [0.717, 1.165) is 50.8 Å². The zero-order chi connectivity index (χ0) is 19.3. The Morgan fingerprint density at radius 2 is 1.54 bits per heavy atom. The van der Waals surface area contributed by atoms with Crippen molar-refractivity contribution in [2.24, 2.45) is 0 Å². The molecule has 1 aromatic carbocycles. The summed E-state index contributed by atoms with van der Waals surface area (Å²) < 4.78 is 22.8. The first-order valence-corrected chi connectivity index (χ1v) is 11.2. The number of unbranched alkanes of at least 4 members (excludes halogenated alkanes) is 7. The minimum absolute atomic E-state index is 0.00682. The summed E-state index contributed by atoms with van der Waals surface area (Å²) in [5.74, 6) is 1.66. The number of ether oxygens (including phenoxy) is 4. The second kappa shape index (κ2) is 13.0. The molecule has 28 heavy (non-hydrogen) atoms. The summed E-state index contributed by atoms with van der Waals surface area (Å²) in [7, 11) is 0. The van der Waals surface area contributed by atoms with Gasteiger partial charge in [0, 0.05) is 19.7 Å². The van der Waals surface area contributed by atoms with E-state index in [0.29, 0.717) is 13.2 Å². The average molecular weight is 392 g/mol. The van der Waals surface area contributed by atoms with Crippen molar-refractivity contribution in [1.82, 2.24) is 4.90 Å². The van der Waals surface area contributed by atoms with E-state index in [-0.39, 0.29) is 6.10 Å². The molecule has 1 fully saturated rings. The molecule has 2 aliphatic rings. The maximum absolute atomic E-state index is 5.90. The van der Waals surface area contributed by atoms with Gasteiger partial charge < -0.3 is 18.9 Å². The van der Waals surface area contributed by atoms with Gasteiger partial charge >= 0.3 is 0 Å². The summed E-state index contributed by atoms with van der Waals surface area (Å²) >= 11 is 0. The molecule has 0 radical (unpaired) electrons. The summed E-state index contributed by atoms with van der Waals surface area (Å²) in [5.41, 5.74) is 0. The second-order valence-electron chi connectivity index (χ2n) is 7.85. The predicted octanol–water partition coefficient (Wildman–Crippen LogP) is 4.30. The van der Waals surface area contributed by atoms with Crippen molar-refractivity contribution >= 4 is 0 Å². The van der Waals surface area contributed by atoms with Gasteiger partial charge in [-0.2, -0.15) is 0 Å². The lowest BCUT2D eigenvalue weighted by molar-refractivity contribution is 0.00778. The lowest BCUT2D eigenvalue weighted by atomic mass is 10.1. The SMILES string of the molecule is c1ccc2c(c1)OCC(COCCCCCCCCCCN1CCOCC1)O2. The van der Waals surface area contributed by atoms with Gasteiger partial charge in [-0.05, 0) is 31.5 Å². The highest BCUT2D eigenvalue weighted by Crippen LogP contribution is 2.30. The number of hydrogen-bond donors (Lipinski definition) is 0. The lowest BCUT2D eigenvalue weighted by Crippen LogP contribution is -2.36. The first-order valence-electron chi connectivity index (χ1n) is 11.2. The zero-order valence-electron chi connectivity index (χ0n) is 17.3. The first kappa shape index (κ1) is 21.4. The van der Waals surface area contributed by atoms with Gasteiger partial charge in [0.25, 0.3) is 0 Å². The summed E-state index contributed by atoms with van der Waals surface area (Å²) in [5, 5.41) is 0. The van der Waals surface area contributed by atoms with Gasteiger partial charge in [-0.15, -0.1) is 0 Å². The van der Waals surface area contributed by atoms with Gasteiger partial charge in [-0.25, -0.2) is 0 Å². The molecule has 3 rings (SSSR count). The highest BCUT2D eigenvalue weighted by Gasteiger charge is 2.20. The normalized spacial score (nSPS) is 19.6. The fourth-order valence-corrected chi connectivity index (χ4v) is 3.78. The zero-order valence-corrected chi connectivity index (χ0v) is 17.3. The molecule has 5 heteroatoms. The Hall–Kier alpha value is -1.30. The fraction of sp³-hybridized carbons (Fsp3) is 0.739. The second-order valence-corrected chi connectivity index (χ2v) is 7.85. The van der Waals surface area contributed by atoms with E-state index < -0.39 is 0 Å². The van der Waals surface area contributed by atoms with E-state index in [1.807, 2.05) is 24.3 Å². The Morgan fingerprint density at radius 3 is 2.32 bits per heavy atom. The van der Waals surface area contributed by atoms with Crippen molar-refractivity contribution in [1.29, 1.82) is 0 Å². The van der Waals surface area contributed by atoms with Crippen molar-refractivity contribution in [3.8, 4) is 11.5 Å². The Labute approximate surface area is 170 Å². The predicted molar refractivity (Wildman–Crippen MR) is 111 cm³/mol. The van der Waals surface area contributed by atoms with Crippen LogP contribution in [0.4, 0.5) is 0 Å². The summed E-state index contributed by atoms with van der Waals surface area (Å²) in [6.45, 7) is 7.33. The molecule has 2 heterocycles. The van der Waals surface area contributed by atoms with Crippen LogP contribution in [0.2, 0.25) is 0 Å². The van der Waals surface area contributed by atoms with E-state index >= 15 is 0 Å². The van der Waals surface area contributed by atoms with Crippen molar-refractivity contribution in [2.45, 2.75) is 57.5 Å². The summed E-state index contributed by atoms with van der Waals surface area (Å²) in [4.78, 5) is 2.53. The molecule has 1 saturated heterocycles. The van der Waals surface area contributed by atoms with Crippen LogP contribution in [0, 0.1) is 0 Å². The van der Waals surface area contributed by atoms with Crippen molar-refractivity contribution in [2.75, 3.05) is 52.7 Å². The highest BCUT2D eigenvalue weighted by molar-refractivity contribution is 5.40. The Kier molecular flexibility index (Phi) is 9.96. The van der Waals surface area contributed by atoms with Crippen molar-refractivity contribution < 1.29 is 18.9 Å². The van der Waals surface area contributed by atoms with Crippen LogP contribution in [0.15, 0.2) is 24.3 Å².